The number of hydrogen-bond donors (Lipinski definition) is 7. The molecule has 0 amide bonds. The van der Waals surface area contributed by atoms with E-state index in [0.717, 1.165) is 17.6 Å². The summed E-state index contributed by atoms with van der Waals surface area (Å²) < 4.78 is 56.4. The Morgan fingerprint density at radius 2 is 1.01 bits per heavy atom. The zero-order chi connectivity index (χ0) is 59.9. The molecule has 18 nitrogen and oxygen atoms in total. The van der Waals surface area contributed by atoms with E-state index in [1.807, 2.05) is 98.8 Å². The first kappa shape index (κ1) is 68.6. The van der Waals surface area contributed by atoms with Crippen LogP contribution in [-0.2, 0) is 52.2 Å². The lowest BCUT2D eigenvalue weighted by molar-refractivity contribution is -0.337. The zero-order valence-electron chi connectivity index (χ0n) is 50.6. The Hall–Kier alpha value is -3.18. The summed E-state index contributed by atoms with van der Waals surface area (Å²) in [6.07, 6.45) is 8.43. The van der Waals surface area contributed by atoms with E-state index in [0.29, 0.717) is 32.1 Å². The molecule has 5 heterocycles. The van der Waals surface area contributed by atoms with Crippen LogP contribution in [0.1, 0.15) is 160 Å². The Kier molecular flexibility index (Phi) is 26.9. The molecule has 0 saturated carbocycles. The van der Waals surface area contributed by atoms with Gasteiger partial charge in [0.15, 0.2) is 24.2 Å². The minimum atomic E-state index is -1.83. The third kappa shape index (κ3) is 18.7. The number of aliphatic hydroxyl groups excluding tert-OH is 6. The number of esters is 2. The molecule has 5 aliphatic heterocycles. The molecular formula is C63H102O18. The standard InChI is InChI=1S/C63H102O18/c1-14-42-22-20-24-44(16-3)60(36(7)50(66)32-62(72)34-52(46(18-5)38(9)80-62)76-56-30-48(64)58(70)40(11)74-56)78-54(68)28-26-43(15-2)23-21-25-45(17-4)61(79-55(69)29-27-42)37(8)51(67)33-63(73-13)35-53(47(19-6)39(10)81-63)77-57-31-49(65)59(71)41(12)75-57/h20-29,36-41,44-53,56-61,64-67,70-72H,14-19,30-35H2,1-13H3/b24-20+,25-21+,28-26+,29-27-,42-22-,43-23+. The highest BCUT2D eigenvalue weighted by atomic mass is 16.7. The fraction of sp³-hybridized carbons (Fsp3) is 0.778. The molecule has 5 rings (SSSR count). The van der Waals surface area contributed by atoms with Crippen molar-refractivity contribution in [2.45, 2.75) is 270 Å². The van der Waals surface area contributed by atoms with Crippen LogP contribution in [0.3, 0.4) is 0 Å². The van der Waals surface area contributed by atoms with Gasteiger partial charge >= 0.3 is 11.9 Å². The maximum atomic E-state index is 14.0. The molecular weight excluding hydrogens is 1040 g/mol. The first-order valence-electron chi connectivity index (χ1n) is 30.2. The molecule has 0 aromatic rings. The Balaban J connectivity index is 1.38. The highest BCUT2D eigenvalue weighted by Gasteiger charge is 2.51. The van der Waals surface area contributed by atoms with Crippen molar-refractivity contribution in [3.05, 3.63) is 71.9 Å². The van der Waals surface area contributed by atoms with Gasteiger partial charge in [-0.25, -0.2) is 9.59 Å². The van der Waals surface area contributed by atoms with E-state index < -0.39 is 133 Å². The molecule has 7 N–H and O–H groups in total. The van der Waals surface area contributed by atoms with E-state index in [1.165, 1.54) is 19.3 Å². The Bertz CT molecular complexity index is 2120. The second kappa shape index (κ2) is 31.8. The third-order valence-electron chi connectivity index (χ3n) is 17.9. The first-order chi connectivity index (χ1) is 38.4. The van der Waals surface area contributed by atoms with Gasteiger partial charge in [0.1, 0.15) is 24.4 Å². The fourth-order valence-electron chi connectivity index (χ4n) is 12.6. The molecule has 0 aliphatic carbocycles. The molecule has 24 unspecified atom stereocenters. The average molecular weight is 1150 g/mol. The highest BCUT2D eigenvalue weighted by Crippen LogP contribution is 2.44. The summed E-state index contributed by atoms with van der Waals surface area (Å²) in [5, 5.41) is 78.0. The fourth-order valence-corrected chi connectivity index (χ4v) is 12.6. The van der Waals surface area contributed by atoms with Gasteiger partial charge < -0.3 is 78.4 Å². The molecule has 5 aliphatic rings. The molecule has 0 radical (unpaired) electrons. The molecule has 4 saturated heterocycles. The lowest BCUT2D eigenvalue weighted by Gasteiger charge is -2.49. The minimum absolute atomic E-state index is 0.00264. The van der Waals surface area contributed by atoms with E-state index in [4.69, 9.17) is 42.6 Å². The first-order valence-corrected chi connectivity index (χ1v) is 30.2. The van der Waals surface area contributed by atoms with Crippen LogP contribution in [0.4, 0.5) is 0 Å². The smallest absolute Gasteiger partial charge is 0.331 e. The molecule has 81 heavy (non-hydrogen) atoms. The minimum Gasteiger partial charge on any atom is -0.458 e. The summed E-state index contributed by atoms with van der Waals surface area (Å²) in [4.78, 5) is 27.9. The second-order valence-corrected chi connectivity index (χ2v) is 23.6. The number of methoxy groups -OCH3 is 1. The number of rotatable bonds is 19. The number of aliphatic hydroxyl groups is 7. The van der Waals surface area contributed by atoms with Crippen LogP contribution in [0.15, 0.2) is 71.9 Å². The van der Waals surface area contributed by atoms with Gasteiger partial charge in [0.2, 0.25) is 0 Å². The monoisotopic (exact) mass is 1150 g/mol. The van der Waals surface area contributed by atoms with Crippen molar-refractivity contribution >= 4 is 11.9 Å². The van der Waals surface area contributed by atoms with E-state index in [-0.39, 0.29) is 62.4 Å². The van der Waals surface area contributed by atoms with Crippen LogP contribution in [0.5, 0.6) is 0 Å². The summed E-state index contributed by atoms with van der Waals surface area (Å²) in [5.74, 6) is -6.63. The molecule has 24 atom stereocenters. The van der Waals surface area contributed by atoms with Crippen LogP contribution < -0.4 is 0 Å². The van der Waals surface area contributed by atoms with E-state index in [1.54, 1.807) is 32.9 Å². The van der Waals surface area contributed by atoms with Crippen LogP contribution in [-0.4, -0.2) is 164 Å². The topological polar surface area (TPSA) is 259 Å². The van der Waals surface area contributed by atoms with Gasteiger partial charge in [0.05, 0.1) is 61.0 Å². The maximum absolute atomic E-state index is 14.0. The summed E-state index contributed by atoms with van der Waals surface area (Å²) in [5.41, 5.74) is 1.59. The van der Waals surface area contributed by atoms with Crippen LogP contribution in [0.2, 0.25) is 0 Å². The lowest BCUT2D eigenvalue weighted by atomic mass is 9.80. The zero-order valence-corrected chi connectivity index (χ0v) is 50.6. The number of ether oxygens (including phenoxy) is 9. The molecule has 0 spiro atoms. The molecule has 462 valence electrons. The van der Waals surface area contributed by atoms with Gasteiger partial charge in [-0.3, -0.25) is 0 Å². The van der Waals surface area contributed by atoms with Crippen molar-refractivity contribution in [1.29, 1.82) is 0 Å². The van der Waals surface area contributed by atoms with Gasteiger partial charge in [-0.15, -0.1) is 0 Å². The SMILES string of the molecule is CCC1=C/C=C/C(CC)C(C(C)C(O)CC2(O)CC(OC3CC(O)C(O)C(C)O3)C(CC)C(C)O2)OC(=O)/C=C/C(CC)=C/C=C/C(CC)C(C(C)C(O)CC2(OC)CC(OC3CC(O)C(O)C(C)O3)C(CC)C(C)O2)OC(=O)/C=C\1. The van der Waals surface area contributed by atoms with Gasteiger partial charge in [-0.05, 0) is 77.4 Å². The van der Waals surface area contributed by atoms with Crippen molar-refractivity contribution in [3.8, 4) is 0 Å². The number of cyclic esters (lactones) is 2. The van der Waals surface area contributed by atoms with E-state index in [2.05, 4.69) is 0 Å². The Labute approximate surface area is 482 Å². The molecule has 18 heteroatoms. The second-order valence-electron chi connectivity index (χ2n) is 23.6. The Morgan fingerprint density at radius 1 is 0.593 bits per heavy atom. The van der Waals surface area contributed by atoms with Crippen molar-refractivity contribution in [2.24, 2.45) is 35.5 Å². The summed E-state index contributed by atoms with van der Waals surface area (Å²) >= 11 is 0. The number of carbonyl (C=O) groups is 2. The average Bonchev–Trinajstić information content (AvgIpc) is 3.41. The lowest BCUT2D eigenvalue weighted by Crippen LogP contribution is -2.56. The van der Waals surface area contributed by atoms with Crippen molar-refractivity contribution in [1.82, 2.24) is 0 Å². The maximum Gasteiger partial charge on any atom is 0.331 e. The molecule has 0 aromatic heterocycles. The predicted molar refractivity (Wildman–Crippen MR) is 304 cm³/mol. The highest BCUT2D eigenvalue weighted by molar-refractivity contribution is 5.83. The summed E-state index contributed by atoms with van der Waals surface area (Å²) in [7, 11) is 1.53. The van der Waals surface area contributed by atoms with Crippen LogP contribution in [0, 0.1) is 35.5 Å². The van der Waals surface area contributed by atoms with Crippen molar-refractivity contribution in [2.75, 3.05) is 7.11 Å². The molecule has 0 aromatic carbocycles. The summed E-state index contributed by atoms with van der Waals surface area (Å²) in [6.45, 7) is 22.7. The van der Waals surface area contributed by atoms with E-state index >= 15 is 0 Å². The normalized spacial score (nSPS) is 43.2. The number of carbonyl (C=O) groups excluding carboxylic acids is 2. The third-order valence-corrected chi connectivity index (χ3v) is 17.9. The summed E-state index contributed by atoms with van der Waals surface area (Å²) in [6, 6.07) is 0. The van der Waals surface area contributed by atoms with E-state index in [9.17, 15) is 45.3 Å². The van der Waals surface area contributed by atoms with Crippen molar-refractivity contribution < 1.29 is 88.0 Å². The molecule has 4 fully saturated rings. The largest absolute Gasteiger partial charge is 0.458 e. The molecule has 0 bridgehead atoms. The quantitative estimate of drug-likeness (QED) is 0.0610. The number of hydrogen-bond acceptors (Lipinski definition) is 18. The van der Waals surface area contributed by atoms with Gasteiger partial charge in [-0.2, -0.15) is 0 Å². The van der Waals surface area contributed by atoms with Gasteiger partial charge in [0.25, 0.3) is 0 Å². The Morgan fingerprint density at radius 3 is 1.41 bits per heavy atom. The van der Waals surface area contributed by atoms with Gasteiger partial charge in [0, 0.05) is 93.3 Å². The predicted octanol–water partition coefficient (Wildman–Crippen LogP) is 7.73. The van der Waals surface area contributed by atoms with Crippen LogP contribution >= 0.6 is 0 Å². The van der Waals surface area contributed by atoms with Crippen molar-refractivity contribution in [3.63, 3.8) is 0 Å². The number of allylic oxidation sites excluding steroid dienone is 8. The van der Waals surface area contributed by atoms with Crippen LogP contribution in [0.25, 0.3) is 0 Å². The van der Waals surface area contributed by atoms with Gasteiger partial charge in [-0.1, -0.05) is 104 Å².